The van der Waals surface area contributed by atoms with Gasteiger partial charge in [-0.2, -0.15) is 11.8 Å². The summed E-state index contributed by atoms with van der Waals surface area (Å²) in [5.74, 6) is 2.35. The number of aldehydes is 1. The Morgan fingerprint density at radius 3 is 3.22 bits per heavy atom. The number of carbonyl (C=O) groups is 1. The molecule has 4 heteroatoms. The first kappa shape index (κ1) is 11.8. The molecular weight excluding hydrogens is 244 g/mol. The van der Waals surface area contributed by atoms with Crippen LogP contribution in [0.25, 0.3) is 5.52 Å². The number of hydrogen-bond acceptors (Lipinski definition) is 3. The van der Waals surface area contributed by atoms with Crippen molar-refractivity contribution in [2.45, 2.75) is 30.9 Å². The second kappa shape index (κ2) is 5.14. The first-order valence-electron chi connectivity index (χ1n) is 6.40. The van der Waals surface area contributed by atoms with E-state index in [-0.39, 0.29) is 0 Å². The summed E-state index contributed by atoms with van der Waals surface area (Å²) < 4.78 is 2.05. The Kier molecular flexibility index (Phi) is 3.37. The quantitative estimate of drug-likeness (QED) is 0.796. The lowest BCUT2D eigenvalue weighted by molar-refractivity contribution is 0.112. The number of hydrogen-bond donors (Lipinski definition) is 0. The molecular formula is C14H16N2OS. The minimum absolute atomic E-state index is 0.684. The zero-order valence-electron chi connectivity index (χ0n) is 10.2. The molecule has 0 aliphatic carbocycles. The van der Waals surface area contributed by atoms with Crippen molar-refractivity contribution >= 4 is 23.6 Å². The number of carbonyl (C=O) groups excluding carboxylic acids is 1. The van der Waals surface area contributed by atoms with Crippen molar-refractivity contribution in [3.8, 4) is 0 Å². The Morgan fingerprint density at radius 1 is 1.50 bits per heavy atom. The number of nitrogens with zero attached hydrogens (tertiary/aromatic N) is 2. The smallest absolute Gasteiger partial charge is 0.152 e. The molecule has 1 aliphatic rings. The van der Waals surface area contributed by atoms with Crippen LogP contribution in [0.1, 0.15) is 35.4 Å². The molecule has 0 aromatic carbocycles. The maximum atomic E-state index is 11.0. The van der Waals surface area contributed by atoms with Gasteiger partial charge in [0.05, 0.1) is 11.7 Å². The molecule has 3 heterocycles. The maximum Gasteiger partial charge on any atom is 0.152 e. The molecule has 2 aromatic rings. The second-order valence-electron chi connectivity index (χ2n) is 4.70. The van der Waals surface area contributed by atoms with Gasteiger partial charge in [0.2, 0.25) is 0 Å². The van der Waals surface area contributed by atoms with Gasteiger partial charge in [-0.15, -0.1) is 0 Å². The van der Waals surface area contributed by atoms with Gasteiger partial charge in [0.15, 0.2) is 6.29 Å². The highest BCUT2D eigenvalue weighted by Crippen LogP contribution is 2.27. The lowest BCUT2D eigenvalue weighted by Crippen LogP contribution is -2.14. The van der Waals surface area contributed by atoms with Crippen molar-refractivity contribution < 1.29 is 4.79 Å². The molecule has 1 aliphatic heterocycles. The van der Waals surface area contributed by atoms with Crippen LogP contribution in [0.3, 0.4) is 0 Å². The minimum atomic E-state index is 0.684. The summed E-state index contributed by atoms with van der Waals surface area (Å²) in [6, 6.07) is 3.75. The van der Waals surface area contributed by atoms with E-state index in [1.807, 2.05) is 24.5 Å². The molecule has 0 amide bonds. The molecule has 0 N–H and O–H groups in total. The Bertz CT molecular complexity index is 558. The highest BCUT2D eigenvalue weighted by atomic mass is 32.2. The van der Waals surface area contributed by atoms with Crippen LogP contribution in [-0.2, 0) is 6.42 Å². The summed E-state index contributed by atoms with van der Waals surface area (Å²) in [7, 11) is 0. The third-order valence-electron chi connectivity index (χ3n) is 3.49. The van der Waals surface area contributed by atoms with Crippen LogP contribution in [-0.4, -0.2) is 26.7 Å². The number of rotatable bonds is 3. The molecule has 1 unspecified atom stereocenters. The zero-order chi connectivity index (χ0) is 12.4. The van der Waals surface area contributed by atoms with Crippen molar-refractivity contribution in [1.29, 1.82) is 0 Å². The number of imidazole rings is 1. The van der Waals surface area contributed by atoms with Crippen molar-refractivity contribution in [3.63, 3.8) is 0 Å². The van der Waals surface area contributed by atoms with Gasteiger partial charge in [-0.1, -0.05) is 6.42 Å². The van der Waals surface area contributed by atoms with Crippen LogP contribution in [0.2, 0.25) is 0 Å². The third kappa shape index (κ3) is 2.17. The van der Waals surface area contributed by atoms with Gasteiger partial charge in [0.25, 0.3) is 0 Å². The number of thioether (sulfide) groups is 1. The van der Waals surface area contributed by atoms with Crippen molar-refractivity contribution in [2.75, 3.05) is 5.75 Å². The van der Waals surface area contributed by atoms with Crippen molar-refractivity contribution in [2.24, 2.45) is 0 Å². The van der Waals surface area contributed by atoms with E-state index in [4.69, 9.17) is 0 Å². The summed E-state index contributed by atoms with van der Waals surface area (Å²) in [6.45, 7) is 0. The first-order chi connectivity index (χ1) is 8.88. The second-order valence-corrected chi connectivity index (χ2v) is 6.11. The van der Waals surface area contributed by atoms with E-state index >= 15 is 0 Å². The van der Waals surface area contributed by atoms with E-state index in [0.717, 1.165) is 24.0 Å². The van der Waals surface area contributed by atoms with Gasteiger partial charge in [-0.05, 0) is 30.7 Å². The first-order valence-corrected chi connectivity index (χ1v) is 7.45. The predicted octanol–water partition coefficient (Wildman–Crippen LogP) is 2.98. The molecule has 1 atom stereocenters. The number of fused-ring (bicyclic) bond motifs is 1. The van der Waals surface area contributed by atoms with Crippen molar-refractivity contribution in [3.05, 3.63) is 35.9 Å². The molecule has 2 aromatic heterocycles. The summed E-state index contributed by atoms with van der Waals surface area (Å²) in [5.41, 5.74) is 1.64. The summed E-state index contributed by atoms with van der Waals surface area (Å²) >= 11 is 2.06. The number of pyridine rings is 1. The van der Waals surface area contributed by atoms with Gasteiger partial charge >= 0.3 is 0 Å². The minimum Gasteiger partial charge on any atom is -0.303 e. The zero-order valence-corrected chi connectivity index (χ0v) is 11.0. The van der Waals surface area contributed by atoms with E-state index in [2.05, 4.69) is 21.1 Å². The van der Waals surface area contributed by atoms with E-state index in [0.29, 0.717) is 10.8 Å². The molecule has 1 fully saturated rings. The Morgan fingerprint density at radius 2 is 2.44 bits per heavy atom. The molecule has 94 valence electrons. The highest BCUT2D eigenvalue weighted by molar-refractivity contribution is 7.99. The SMILES string of the molecule is O=Cc1cccn2c(CC3CCCCS3)ncc12. The lowest BCUT2D eigenvalue weighted by Gasteiger charge is -2.20. The molecule has 0 saturated carbocycles. The average molecular weight is 260 g/mol. The monoisotopic (exact) mass is 260 g/mol. The molecule has 0 radical (unpaired) electrons. The largest absolute Gasteiger partial charge is 0.303 e. The molecule has 0 bridgehead atoms. The summed E-state index contributed by atoms with van der Waals surface area (Å²) in [6.07, 6.45) is 9.67. The van der Waals surface area contributed by atoms with Gasteiger partial charge in [-0.25, -0.2) is 4.98 Å². The van der Waals surface area contributed by atoms with Gasteiger partial charge in [0, 0.05) is 23.4 Å². The molecule has 0 spiro atoms. The van der Waals surface area contributed by atoms with E-state index in [9.17, 15) is 4.79 Å². The Balaban J connectivity index is 1.90. The van der Waals surface area contributed by atoms with Gasteiger partial charge < -0.3 is 4.40 Å². The molecule has 3 nitrogen and oxygen atoms in total. The fourth-order valence-corrected chi connectivity index (χ4v) is 3.82. The topological polar surface area (TPSA) is 34.4 Å². The van der Waals surface area contributed by atoms with Crippen LogP contribution < -0.4 is 0 Å². The lowest BCUT2D eigenvalue weighted by atomic mass is 10.1. The van der Waals surface area contributed by atoms with Crippen LogP contribution in [0.5, 0.6) is 0 Å². The molecule has 3 rings (SSSR count). The van der Waals surface area contributed by atoms with Crippen molar-refractivity contribution in [1.82, 2.24) is 9.38 Å². The highest BCUT2D eigenvalue weighted by Gasteiger charge is 2.17. The van der Waals surface area contributed by atoms with Crippen LogP contribution in [0.15, 0.2) is 24.5 Å². The normalized spacial score (nSPS) is 20.1. The number of aromatic nitrogens is 2. The fraction of sp³-hybridized carbons (Fsp3) is 0.429. The van der Waals surface area contributed by atoms with Gasteiger partial charge in [-0.3, -0.25) is 4.79 Å². The van der Waals surface area contributed by atoms with E-state index < -0.39 is 0 Å². The van der Waals surface area contributed by atoms with Crippen LogP contribution in [0, 0.1) is 0 Å². The molecule has 1 saturated heterocycles. The van der Waals surface area contributed by atoms with E-state index in [1.165, 1.54) is 25.0 Å². The Hall–Kier alpha value is -1.29. The predicted molar refractivity (Wildman–Crippen MR) is 74.4 cm³/mol. The molecule has 18 heavy (non-hydrogen) atoms. The summed E-state index contributed by atoms with van der Waals surface area (Å²) in [4.78, 5) is 15.5. The van der Waals surface area contributed by atoms with Crippen LogP contribution in [0.4, 0.5) is 0 Å². The third-order valence-corrected chi connectivity index (χ3v) is 4.89. The van der Waals surface area contributed by atoms with E-state index in [1.54, 1.807) is 0 Å². The van der Waals surface area contributed by atoms with Crippen LogP contribution >= 0.6 is 11.8 Å². The standard InChI is InChI=1S/C14H16N2OS/c17-10-11-4-3-6-16-13(11)9-15-14(16)8-12-5-1-2-7-18-12/h3-4,6,9-10,12H,1-2,5,7-8H2. The average Bonchev–Trinajstić information content (AvgIpc) is 2.83. The maximum absolute atomic E-state index is 11.0. The van der Waals surface area contributed by atoms with Gasteiger partial charge in [0.1, 0.15) is 5.82 Å². The summed E-state index contributed by atoms with van der Waals surface area (Å²) in [5, 5.41) is 0.684. The Labute approximate surface area is 111 Å². The fourth-order valence-electron chi connectivity index (χ4n) is 2.52.